The first kappa shape index (κ1) is 32.8. The number of imidazole rings is 1. The second-order valence-corrected chi connectivity index (χ2v) is 13.1. The zero-order valence-electron chi connectivity index (χ0n) is 22.2. The second-order valence-electron chi connectivity index (χ2n) is 9.66. The molecule has 23 heteroatoms. The van der Waals surface area contributed by atoms with E-state index in [0.717, 1.165) is 6.33 Å². The zero-order valence-corrected chi connectivity index (χ0v) is 24.8. The molecule has 0 aromatic carbocycles. The molecule has 10 atom stereocenters. The number of thiocarbonyl (C=S) groups is 1. The fourth-order valence-corrected chi connectivity index (χ4v) is 7.10. The average Bonchev–Trinajstić information content (AvgIpc) is 3.61. The van der Waals surface area contributed by atoms with Crippen LogP contribution in [0.25, 0.3) is 11.2 Å². The summed E-state index contributed by atoms with van der Waals surface area (Å²) in [5.41, 5.74) is 12.2. The molecule has 0 saturated carbocycles. The Morgan fingerprint density at radius 1 is 1.09 bits per heavy atom. The Hall–Kier alpha value is -2.59. The molecular weight excluding hydrogens is 652 g/mol. The molecule has 20 nitrogen and oxygen atoms in total. The van der Waals surface area contributed by atoms with Crippen LogP contribution in [-0.4, -0.2) is 105 Å². The Balaban J connectivity index is 1.22. The highest BCUT2D eigenvalue weighted by Gasteiger charge is 2.53. The fraction of sp³-hybridized carbons (Fsp3) is 0.476. The predicted octanol–water partition coefficient (Wildman–Crippen LogP) is -2.48. The number of aliphatic hydroxyl groups excluding tert-OH is 4. The molecule has 0 bridgehead atoms. The quantitative estimate of drug-likeness (QED) is 0.0590. The molecule has 0 radical (unpaired) electrons. The summed E-state index contributed by atoms with van der Waals surface area (Å²) in [6, 6.07) is 3.13. The van der Waals surface area contributed by atoms with Gasteiger partial charge >= 0.3 is 15.6 Å². The van der Waals surface area contributed by atoms with Crippen LogP contribution in [0, 0.1) is 0 Å². The molecule has 0 aliphatic carbocycles. The third-order valence-corrected chi connectivity index (χ3v) is 9.62. The molecule has 2 fully saturated rings. The Labute approximate surface area is 252 Å². The lowest BCUT2D eigenvalue weighted by Crippen LogP contribution is -2.46. The van der Waals surface area contributed by atoms with E-state index < -0.39 is 77.9 Å². The maximum absolute atomic E-state index is 12.7. The maximum atomic E-state index is 12.7. The van der Waals surface area contributed by atoms with Crippen LogP contribution in [0.4, 0.5) is 5.82 Å². The summed E-state index contributed by atoms with van der Waals surface area (Å²) in [6.45, 7) is -1.69. The van der Waals surface area contributed by atoms with Crippen molar-refractivity contribution in [3.05, 3.63) is 42.7 Å². The third-order valence-electron chi connectivity index (χ3n) is 6.75. The van der Waals surface area contributed by atoms with E-state index in [-0.39, 0.29) is 22.0 Å². The second kappa shape index (κ2) is 12.7. The number of rotatable bonds is 11. The summed E-state index contributed by atoms with van der Waals surface area (Å²) < 4.78 is 53.0. The molecule has 3 aromatic rings. The van der Waals surface area contributed by atoms with Crippen molar-refractivity contribution in [1.29, 1.82) is 0 Å². The highest BCUT2D eigenvalue weighted by Crippen LogP contribution is 2.62. The number of nitrogens with two attached hydrogens (primary N) is 2. The third kappa shape index (κ3) is 6.66. The van der Waals surface area contributed by atoms with Crippen LogP contribution >= 0.6 is 27.9 Å². The molecule has 0 spiro atoms. The van der Waals surface area contributed by atoms with Gasteiger partial charge in [-0.25, -0.2) is 24.1 Å². The van der Waals surface area contributed by atoms with Gasteiger partial charge in [-0.2, -0.15) is 8.88 Å². The molecular formula is C21H28N7O13P2S+. The van der Waals surface area contributed by atoms with Crippen LogP contribution in [0.5, 0.6) is 0 Å². The highest BCUT2D eigenvalue weighted by molar-refractivity contribution is 7.80. The van der Waals surface area contributed by atoms with E-state index >= 15 is 0 Å². The van der Waals surface area contributed by atoms with Gasteiger partial charge in [-0.1, -0.05) is 12.2 Å². The van der Waals surface area contributed by atoms with Crippen LogP contribution in [0.15, 0.2) is 37.2 Å². The van der Waals surface area contributed by atoms with Crippen LogP contribution in [0.3, 0.4) is 0 Å². The van der Waals surface area contributed by atoms with Gasteiger partial charge in [0.1, 0.15) is 47.4 Å². The van der Waals surface area contributed by atoms with Gasteiger partial charge in [0.25, 0.3) is 6.23 Å². The van der Waals surface area contributed by atoms with Gasteiger partial charge in [-0.3, -0.25) is 13.6 Å². The Morgan fingerprint density at radius 3 is 2.55 bits per heavy atom. The van der Waals surface area contributed by atoms with Crippen molar-refractivity contribution in [1.82, 2.24) is 19.5 Å². The lowest BCUT2D eigenvalue weighted by Gasteiger charge is -2.23. The number of fused-ring (bicyclic) bond motifs is 1. The molecule has 2 aliphatic heterocycles. The average molecular weight is 681 g/mol. The van der Waals surface area contributed by atoms with Crippen molar-refractivity contribution >= 4 is 49.8 Å². The standard InChI is InChI=1S/C21H27N7O13P2S/c22-17-12-19(25-7-24-17)28(8-26-12)21-14(31)13(30)11(39-21)6-37-42(33,34)41-43(35,36)40-16-10(5-29)38-20(15(16)32)27-3-1-2-9(4-27)18(23)44/h1-4,7-8,10-11,13-16,20-21,29-32H,5-6H2,(H5-,22,23,24,25,33,34,35,36,44)/p+1/t10-,11-,13-,14-,15-,16-,20-,21-/m1/s1. The number of aromatic nitrogens is 5. The summed E-state index contributed by atoms with van der Waals surface area (Å²) in [6.07, 6.45) is -6.73. The first-order valence-electron chi connectivity index (χ1n) is 12.6. The Kier molecular flexibility index (Phi) is 9.44. The summed E-state index contributed by atoms with van der Waals surface area (Å²) >= 11 is 4.93. The van der Waals surface area contributed by atoms with E-state index in [1.165, 1.54) is 27.9 Å². The van der Waals surface area contributed by atoms with Gasteiger partial charge in [0.2, 0.25) is 0 Å². The van der Waals surface area contributed by atoms with E-state index in [2.05, 4.69) is 19.3 Å². The number of phosphoric ester groups is 2. The summed E-state index contributed by atoms with van der Waals surface area (Å²) in [5, 5.41) is 41.5. The largest absolute Gasteiger partial charge is 0.481 e. The number of nitrogens with zero attached hydrogens (tertiary/aromatic N) is 5. The maximum Gasteiger partial charge on any atom is 0.481 e. The van der Waals surface area contributed by atoms with Gasteiger partial charge in [0.05, 0.1) is 25.1 Å². The normalized spacial score (nSPS) is 31.6. The Bertz CT molecular complexity index is 1630. The van der Waals surface area contributed by atoms with E-state index in [1.54, 1.807) is 12.1 Å². The van der Waals surface area contributed by atoms with E-state index in [1.807, 2.05) is 0 Å². The van der Waals surface area contributed by atoms with Crippen LogP contribution in [0.1, 0.15) is 18.0 Å². The minimum Gasteiger partial charge on any atom is -0.394 e. The number of pyridine rings is 1. The zero-order chi connectivity index (χ0) is 32.0. The number of anilines is 1. The summed E-state index contributed by atoms with van der Waals surface area (Å²) in [5.74, 6) is 0.0532. The van der Waals surface area contributed by atoms with Crippen LogP contribution in [0.2, 0.25) is 0 Å². The minimum atomic E-state index is -5.50. The van der Waals surface area contributed by atoms with Gasteiger partial charge in [0.15, 0.2) is 36.2 Å². The number of hydrogen-bond acceptors (Lipinski definition) is 16. The van der Waals surface area contributed by atoms with Gasteiger partial charge in [-0.05, 0) is 6.07 Å². The molecule has 5 heterocycles. The van der Waals surface area contributed by atoms with Crippen molar-refractivity contribution in [2.24, 2.45) is 5.73 Å². The molecule has 240 valence electrons. The van der Waals surface area contributed by atoms with Gasteiger partial charge < -0.3 is 51.2 Å². The van der Waals surface area contributed by atoms with Gasteiger partial charge in [0, 0.05) is 6.07 Å². The fourth-order valence-electron chi connectivity index (χ4n) is 4.69. The molecule has 44 heavy (non-hydrogen) atoms. The van der Waals surface area contributed by atoms with Gasteiger partial charge in [-0.15, -0.1) is 0 Å². The summed E-state index contributed by atoms with van der Waals surface area (Å²) in [7, 11) is -10.9. The molecule has 10 N–H and O–H groups in total. The molecule has 5 rings (SSSR count). The SMILES string of the molecule is NC(=S)c1ccc[n+]([C@@H]2O[C@H](CO)[C@@H](OP(=O)(O)OP(=O)(O)OC[C@H]3O[C@@H](n4cnc5c(N)ncnc54)[C@H](O)[C@@H]3O)[C@H]2O)c1. The number of nitrogen functional groups attached to an aromatic ring is 1. The minimum absolute atomic E-state index is 0.0424. The first-order chi connectivity index (χ1) is 20.7. The first-order valence-corrected chi connectivity index (χ1v) is 16.0. The molecule has 0 amide bonds. The molecule has 2 unspecified atom stereocenters. The number of aliphatic hydroxyl groups is 4. The Morgan fingerprint density at radius 2 is 1.84 bits per heavy atom. The van der Waals surface area contributed by atoms with E-state index in [0.29, 0.717) is 5.56 Å². The van der Waals surface area contributed by atoms with Crippen LogP contribution in [-0.2, 0) is 32.0 Å². The lowest BCUT2D eigenvalue weighted by atomic mass is 10.1. The van der Waals surface area contributed by atoms with Crippen molar-refractivity contribution in [3.8, 4) is 0 Å². The number of phosphoric acid groups is 2. The molecule has 3 aromatic heterocycles. The monoisotopic (exact) mass is 680 g/mol. The van der Waals surface area contributed by atoms with Crippen molar-refractivity contribution < 1.29 is 66.7 Å². The van der Waals surface area contributed by atoms with Crippen molar-refractivity contribution in [2.45, 2.75) is 49.1 Å². The smallest absolute Gasteiger partial charge is 0.394 e. The van der Waals surface area contributed by atoms with Crippen molar-refractivity contribution in [3.63, 3.8) is 0 Å². The lowest BCUT2D eigenvalue weighted by molar-refractivity contribution is -0.765. The number of ether oxygens (including phenoxy) is 2. The number of hydrogen-bond donors (Lipinski definition) is 8. The predicted molar refractivity (Wildman–Crippen MR) is 147 cm³/mol. The summed E-state index contributed by atoms with van der Waals surface area (Å²) in [4.78, 5) is 32.3. The van der Waals surface area contributed by atoms with E-state index in [9.17, 15) is 39.3 Å². The highest BCUT2D eigenvalue weighted by atomic mass is 32.1. The van der Waals surface area contributed by atoms with Crippen LogP contribution < -0.4 is 16.0 Å². The topological polar surface area (TPSA) is 301 Å². The van der Waals surface area contributed by atoms with Crippen molar-refractivity contribution in [2.75, 3.05) is 18.9 Å². The van der Waals surface area contributed by atoms with E-state index in [4.69, 9.17) is 42.2 Å². The molecule has 2 aliphatic rings. The molecule has 2 saturated heterocycles.